The third-order valence-corrected chi connectivity index (χ3v) is 3.75. The van der Waals surface area contributed by atoms with E-state index >= 15 is 0 Å². The van der Waals surface area contributed by atoms with Gasteiger partial charge in [-0.3, -0.25) is 0 Å². The van der Waals surface area contributed by atoms with Crippen molar-refractivity contribution in [1.82, 2.24) is 4.90 Å². The van der Waals surface area contributed by atoms with Crippen molar-refractivity contribution < 1.29 is 14.3 Å². The minimum atomic E-state index is -0.859. The van der Waals surface area contributed by atoms with Crippen LogP contribution in [0.25, 0.3) is 5.57 Å². The van der Waals surface area contributed by atoms with E-state index in [9.17, 15) is 9.18 Å². The summed E-state index contributed by atoms with van der Waals surface area (Å²) in [7, 11) is 0. The van der Waals surface area contributed by atoms with E-state index in [2.05, 4.69) is 6.08 Å². The summed E-state index contributed by atoms with van der Waals surface area (Å²) in [6.07, 6.45) is 3.09. The molecule has 3 rings (SSSR count). The number of halogens is 1. The highest BCUT2D eigenvalue weighted by atomic mass is 19.1. The molecule has 1 fully saturated rings. The Morgan fingerprint density at radius 3 is 2.89 bits per heavy atom. The Hall–Kier alpha value is -1.84. The van der Waals surface area contributed by atoms with Crippen molar-refractivity contribution in [2.75, 3.05) is 13.1 Å². The number of fused-ring (bicyclic) bond motifs is 1. The van der Waals surface area contributed by atoms with Crippen molar-refractivity contribution in [3.8, 4) is 0 Å². The lowest BCUT2D eigenvalue weighted by Gasteiger charge is -2.40. The predicted molar refractivity (Wildman–Crippen MR) is 65.8 cm³/mol. The van der Waals surface area contributed by atoms with Gasteiger partial charge in [0.05, 0.1) is 0 Å². The van der Waals surface area contributed by atoms with E-state index in [0.29, 0.717) is 13.1 Å². The van der Waals surface area contributed by atoms with Gasteiger partial charge in [0.25, 0.3) is 0 Å². The monoisotopic (exact) mass is 247 g/mol. The second-order valence-corrected chi connectivity index (χ2v) is 4.88. The zero-order valence-corrected chi connectivity index (χ0v) is 9.90. The first-order valence-corrected chi connectivity index (χ1v) is 6.12. The number of rotatable bonds is 1. The molecule has 0 unspecified atom stereocenters. The molecule has 0 spiro atoms. The van der Waals surface area contributed by atoms with Gasteiger partial charge in [0.15, 0.2) is 0 Å². The van der Waals surface area contributed by atoms with Gasteiger partial charge < -0.3 is 10.0 Å². The second kappa shape index (κ2) is 4.12. The topological polar surface area (TPSA) is 40.5 Å². The molecule has 18 heavy (non-hydrogen) atoms. The van der Waals surface area contributed by atoms with Crippen LogP contribution in [0.4, 0.5) is 9.18 Å². The average molecular weight is 247 g/mol. The number of amides is 1. The molecular weight excluding hydrogens is 233 g/mol. The van der Waals surface area contributed by atoms with Crippen LogP contribution < -0.4 is 0 Å². The number of nitrogens with zero attached hydrogens (tertiary/aromatic N) is 1. The van der Waals surface area contributed by atoms with Crippen molar-refractivity contribution in [3.63, 3.8) is 0 Å². The SMILES string of the molecule is O=C(O)N1CC(C2=CCCc3cc(F)ccc32)C1. The summed E-state index contributed by atoms with van der Waals surface area (Å²) in [5, 5.41) is 8.84. The van der Waals surface area contributed by atoms with Gasteiger partial charge in [-0.05, 0) is 41.7 Å². The molecule has 1 amide bonds. The Labute approximate surface area is 105 Å². The lowest BCUT2D eigenvalue weighted by atomic mass is 9.80. The lowest BCUT2D eigenvalue weighted by molar-refractivity contribution is 0.0999. The van der Waals surface area contributed by atoms with E-state index in [1.54, 1.807) is 6.07 Å². The van der Waals surface area contributed by atoms with Gasteiger partial charge >= 0.3 is 6.09 Å². The highest BCUT2D eigenvalue weighted by Gasteiger charge is 2.34. The molecule has 0 bridgehead atoms. The Balaban J connectivity index is 1.83. The molecule has 0 atom stereocenters. The van der Waals surface area contributed by atoms with Gasteiger partial charge in [-0.1, -0.05) is 12.1 Å². The smallest absolute Gasteiger partial charge is 0.407 e. The molecule has 1 aromatic rings. The minimum Gasteiger partial charge on any atom is -0.465 e. The average Bonchev–Trinajstić information content (AvgIpc) is 2.26. The summed E-state index contributed by atoms with van der Waals surface area (Å²) in [6, 6.07) is 4.89. The fourth-order valence-electron chi connectivity index (χ4n) is 2.76. The van der Waals surface area contributed by atoms with Gasteiger partial charge in [-0.2, -0.15) is 0 Å². The summed E-state index contributed by atoms with van der Waals surface area (Å²) in [5.41, 5.74) is 3.33. The molecule has 1 saturated heterocycles. The molecule has 0 aromatic heterocycles. The van der Waals surface area contributed by atoms with Crippen molar-refractivity contribution in [2.45, 2.75) is 12.8 Å². The van der Waals surface area contributed by atoms with Gasteiger partial charge in [0.1, 0.15) is 5.82 Å². The maximum Gasteiger partial charge on any atom is 0.407 e. The number of likely N-dealkylation sites (tertiary alicyclic amines) is 1. The van der Waals surface area contributed by atoms with Gasteiger partial charge in [0, 0.05) is 19.0 Å². The first kappa shape index (κ1) is 11.3. The number of carbonyl (C=O) groups is 1. The normalized spacial score (nSPS) is 18.9. The zero-order valence-electron chi connectivity index (χ0n) is 9.90. The van der Waals surface area contributed by atoms with Crippen LogP contribution in [-0.2, 0) is 6.42 Å². The van der Waals surface area contributed by atoms with E-state index < -0.39 is 6.09 Å². The van der Waals surface area contributed by atoms with E-state index in [0.717, 1.165) is 24.0 Å². The van der Waals surface area contributed by atoms with Crippen LogP contribution in [0, 0.1) is 11.7 Å². The first-order valence-electron chi connectivity index (χ1n) is 6.12. The Bertz CT molecular complexity index is 533. The van der Waals surface area contributed by atoms with Crippen molar-refractivity contribution >= 4 is 11.7 Å². The number of aryl methyl sites for hydroxylation is 1. The third kappa shape index (κ3) is 1.78. The zero-order chi connectivity index (χ0) is 12.7. The molecule has 1 N–H and O–H groups in total. The first-order chi connectivity index (χ1) is 8.65. The number of hydrogen-bond donors (Lipinski definition) is 1. The van der Waals surface area contributed by atoms with Crippen LogP contribution in [0.2, 0.25) is 0 Å². The predicted octanol–water partition coefficient (Wildman–Crippen LogP) is 2.77. The Morgan fingerprint density at radius 1 is 1.39 bits per heavy atom. The highest BCUT2D eigenvalue weighted by molar-refractivity contribution is 5.75. The van der Waals surface area contributed by atoms with Gasteiger partial charge in [-0.25, -0.2) is 9.18 Å². The van der Waals surface area contributed by atoms with Crippen LogP contribution in [0.3, 0.4) is 0 Å². The van der Waals surface area contributed by atoms with E-state index in [4.69, 9.17) is 5.11 Å². The van der Waals surface area contributed by atoms with Gasteiger partial charge in [-0.15, -0.1) is 0 Å². The fraction of sp³-hybridized carbons (Fsp3) is 0.357. The highest BCUT2D eigenvalue weighted by Crippen LogP contribution is 2.36. The number of allylic oxidation sites excluding steroid dienone is 1. The van der Waals surface area contributed by atoms with Crippen LogP contribution in [0.1, 0.15) is 17.5 Å². The summed E-state index contributed by atoms with van der Waals surface area (Å²) in [6.45, 7) is 1.11. The molecule has 94 valence electrons. The van der Waals surface area contributed by atoms with E-state index in [1.165, 1.54) is 16.5 Å². The third-order valence-electron chi connectivity index (χ3n) is 3.75. The number of carboxylic acid groups (broad SMARTS) is 1. The Morgan fingerprint density at radius 2 is 2.17 bits per heavy atom. The van der Waals surface area contributed by atoms with Crippen molar-refractivity contribution in [1.29, 1.82) is 0 Å². The van der Waals surface area contributed by atoms with Crippen LogP contribution in [-0.4, -0.2) is 29.2 Å². The van der Waals surface area contributed by atoms with E-state index in [1.807, 2.05) is 6.07 Å². The number of benzene rings is 1. The summed E-state index contributed by atoms with van der Waals surface area (Å²) in [4.78, 5) is 12.2. The molecule has 0 saturated carbocycles. The molecule has 1 aliphatic carbocycles. The van der Waals surface area contributed by atoms with Crippen LogP contribution in [0.5, 0.6) is 0 Å². The quantitative estimate of drug-likeness (QED) is 0.829. The molecule has 1 heterocycles. The molecule has 1 aliphatic heterocycles. The fourth-order valence-corrected chi connectivity index (χ4v) is 2.76. The minimum absolute atomic E-state index is 0.198. The molecule has 0 radical (unpaired) electrons. The van der Waals surface area contributed by atoms with Crippen molar-refractivity contribution in [3.05, 3.63) is 41.2 Å². The lowest BCUT2D eigenvalue weighted by Crippen LogP contribution is -2.49. The molecule has 2 aliphatic rings. The maximum absolute atomic E-state index is 13.2. The largest absolute Gasteiger partial charge is 0.465 e. The van der Waals surface area contributed by atoms with Crippen LogP contribution >= 0.6 is 0 Å². The summed E-state index contributed by atoms with van der Waals surface area (Å²) < 4.78 is 13.2. The van der Waals surface area contributed by atoms with Crippen LogP contribution in [0.15, 0.2) is 24.3 Å². The summed E-state index contributed by atoms with van der Waals surface area (Å²) >= 11 is 0. The maximum atomic E-state index is 13.2. The molecule has 4 heteroatoms. The second-order valence-electron chi connectivity index (χ2n) is 4.88. The van der Waals surface area contributed by atoms with E-state index in [-0.39, 0.29) is 11.7 Å². The molecule has 1 aromatic carbocycles. The summed E-state index contributed by atoms with van der Waals surface area (Å²) in [5.74, 6) is 0.0707. The standard InChI is InChI=1S/C14H14FNO2/c15-11-4-5-13-9(6-11)2-1-3-12(13)10-7-16(8-10)14(17)18/h3-6,10H,1-2,7-8H2,(H,17,18). The van der Waals surface area contributed by atoms with Gasteiger partial charge in [0.2, 0.25) is 0 Å². The molecular formula is C14H14FNO2. The van der Waals surface area contributed by atoms with Crippen molar-refractivity contribution in [2.24, 2.45) is 5.92 Å². The Kier molecular flexibility index (Phi) is 2.58. The molecule has 3 nitrogen and oxygen atoms in total. The number of hydrogen-bond acceptors (Lipinski definition) is 1.